The molecule has 0 radical (unpaired) electrons. The molecule has 1 amide bonds. The van der Waals surface area contributed by atoms with Crippen LogP contribution in [0.15, 0.2) is 60.7 Å². The first-order chi connectivity index (χ1) is 17.5. The van der Waals surface area contributed by atoms with Crippen molar-refractivity contribution in [2.45, 2.75) is 92.7 Å². The molecule has 3 aromatic carbocycles. The van der Waals surface area contributed by atoms with Gasteiger partial charge in [0.15, 0.2) is 0 Å². The van der Waals surface area contributed by atoms with Crippen LogP contribution in [0.5, 0.6) is 5.75 Å². The molecule has 1 atom stereocenters. The molecule has 3 heteroatoms. The van der Waals surface area contributed by atoms with Crippen molar-refractivity contribution in [2.24, 2.45) is 5.92 Å². The lowest BCUT2D eigenvalue weighted by molar-refractivity contribution is 0.0930. The summed E-state index contributed by atoms with van der Waals surface area (Å²) in [5.74, 6) is 1.14. The largest absolute Gasteiger partial charge is 0.489 e. The van der Waals surface area contributed by atoms with Crippen molar-refractivity contribution in [1.29, 1.82) is 0 Å². The van der Waals surface area contributed by atoms with Crippen molar-refractivity contribution >= 4 is 5.91 Å². The topological polar surface area (TPSA) is 38.3 Å². The normalized spacial score (nSPS) is 12.5. The molecule has 0 saturated carbocycles. The van der Waals surface area contributed by atoms with Crippen molar-refractivity contribution in [1.82, 2.24) is 5.32 Å². The van der Waals surface area contributed by atoms with Crippen LogP contribution in [0.2, 0.25) is 0 Å². The van der Waals surface area contributed by atoms with Crippen molar-refractivity contribution < 1.29 is 9.53 Å². The van der Waals surface area contributed by atoms with Crippen LogP contribution in [0.4, 0.5) is 0 Å². The van der Waals surface area contributed by atoms with E-state index in [1.165, 1.54) is 22.3 Å². The minimum Gasteiger partial charge on any atom is -0.489 e. The van der Waals surface area contributed by atoms with Crippen LogP contribution < -0.4 is 10.1 Å². The zero-order chi connectivity index (χ0) is 27.2. The SMILES string of the molecule is CCCc1ccc(OCc2ccc(C(C)(C)C)cc2)cc1C(=O)NC(CC(C)C)c1cc(C)cc(C)c1. The van der Waals surface area contributed by atoms with Crippen molar-refractivity contribution in [2.75, 3.05) is 0 Å². The van der Waals surface area contributed by atoms with Crippen LogP contribution in [0.25, 0.3) is 0 Å². The van der Waals surface area contributed by atoms with Gasteiger partial charge in [0.2, 0.25) is 0 Å². The van der Waals surface area contributed by atoms with Gasteiger partial charge in [0.25, 0.3) is 5.91 Å². The second kappa shape index (κ2) is 12.4. The maximum atomic E-state index is 13.7. The van der Waals surface area contributed by atoms with Crippen LogP contribution in [0, 0.1) is 19.8 Å². The molecule has 0 bridgehead atoms. The molecule has 0 heterocycles. The van der Waals surface area contributed by atoms with Gasteiger partial charge in [0.1, 0.15) is 12.4 Å². The van der Waals surface area contributed by atoms with Gasteiger partial charge in [-0.2, -0.15) is 0 Å². The molecule has 37 heavy (non-hydrogen) atoms. The third kappa shape index (κ3) is 8.21. The van der Waals surface area contributed by atoms with E-state index in [-0.39, 0.29) is 17.4 Å². The molecule has 0 spiro atoms. The van der Waals surface area contributed by atoms with Gasteiger partial charge in [-0.15, -0.1) is 0 Å². The van der Waals surface area contributed by atoms with Crippen LogP contribution in [-0.4, -0.2) is 5.91 Å². The minimum atomic E-state index is -0.0357. The van der Waals surface area contributed by atoms with E-state index in [0.29, 0.717) is 18.1 Å². The van der Waals surface area contributed by atoms with E-state index in [9.17, 15) is 4.79 Å². The predicted octanol–water partition coefficient (Wildman–Crippen LogP) is 8.65. The zero-order valence-electron chi connectivity index (χ0n) is 24.1. The first-order valence-electron chi connectivity index (χ1n) is 13.7. The first kappa shape index (κ1) is 28.5. The Morgan fingerprint density at radius 1 is 0.919 bits per heavy atom. The number of benzene rings is 3. The number of carbonyl (C=O) groups is 1. The predicted molar refractivity (Wildman–Crippen MR) is 155 cm³/mol. The van der Waals surface area contributed by atoms with E-state index in [0.717, 1.165) is 36.1 Å². The van der Waals surface area contributed by atoms with E-state index in [4.69, 9.17) is 4.74 Å². The standard InChI is InChI=1S/C34H45NO2/c1-9-10-27-13-16-30(37-22-26-11-14-29(15-12-26)34(6,7)8)21-31(27)33(36)35-32(17-23(2)3)28-19-24(4)18-25(5)20-28/h11-16,18-21,23,32H,9-10,17,22H2,1-8H3,(H,35,36). The van der Waals surface area contributed by atoms with Crippen molar-refractivity contribution in [3.8, 4) is 5.75 Å². The molecule has 0 fully saturated rings. The summed E-state index contributed by atoms with van der Waals surface area (Å²) < 4.78 is 6.15. The molecule has 1 N–H and O–H groups in total. The second-order valence-corrected chi connectivity index (χ2v) is 11.9. The fourth-order valence-electron chi connectivity index (χ4n) is 4.81. The number of hydrogen-bond acceptors (Lipinski definition) is 2. The highest BCUT2D eigenvalue weighted by atomic mass is 16.5. The van der Waals surface area contributed by atoms with Gasteiger partial charge < -0.3 is 10.1 Å². The molecule has 0 saturated heterocycles. The summed E-state index contributed by atoms with van der Waals surface area (Å²) in [5.41, 5.74) is 7.92. The number of carbonyl (C=O) groups excluding carboxylic acids is 1. The minimum absolute atomic E-state index is 0.0340. The molecular weight excluding hydrogens is 454 g/mol. The molecular formula is C34H45NO2. The van der Waals surface area contributed by atoms with Crippen LogP contribution in [-0.2, 0) is 18.4 Å². The highest BCUT2D eigenvalue weighted by Crippen LogP contribution is 2.27. The lowest BCUT2D eigenvalue weighted by atomic mass is 9.87. The zero-order valence-corrected chi connectivity index (χ0v) is 24.1. The van der Waals surface area contributed by atoms with Gasteiger partial charge in [-0.1, -0.05) is 108 Å². The first-order valence-corrected chi connectivity index (χ1v) is 13.7. The molecule has 0 aliphatic rings. The van der Waals surface area contributed by atoms with Crippen molar-refractivity contribution in [3.05, 3.63) is 99.6 Å². The van der Waals surface area contributed by atoms with Crippen LogP contribution in [0.1, 0.15) is 104 Å². The van der Waals surface area contributed by atoms with E-state index < -0.39 is 0 Å². The number of amides is 1. The molecule has 0 aliphatic carbocycles. The Morgan fingerprint density at radius 3 is 2.14 bits per heavy atom. The molecule has 198 valence electrons. The number of aryl methyl sites for hydroxylation is 3. The Labute approximate surface area is 224 Å². The molecule has 3 rings (SSSR count). The molecule has 3 nitrogen and oxygen atoms in total. The average molecular weight is 500 g/mol. The fourth-order valence-corrected chi connectivity index (χ4v) is 4.81. The summed E-state index contributed by atoms with van der Waals surface area (Å²) in [6.07, 6.45) is 2.72. The maximum absolute atomic E-state index is 13.7. The summed E-state index contributed by atoms with van der Waals surface area (Å²) in [7, 11) is 0. The second-order valence-electron chi connectivity index (χ2n) is 11.9. The van der Waals surface area contributed by atoms with E-state index in [1.54, 1.807) is 0 Å². The maximum Gasteiger partial charge on any atom is 0.252 e. The Kier molecular flexibility index (Phi) is 9.59. The Bertz CT molecular complexity index is 1170. The molecule has 0 aliphatic heterocycles. The van der Waals surface area contributed by atoms with E-state index in [1.807, 2.05) is 18.2 Å². The monoisotopic (exact) mass is 499 g/mol. The Hall–Kier alpha value is -3.07. The van der Waals surface area contributed by atoms with Crippen molar-refractivity contribution in [3.63, 3.8) is 0 Å². The number of rotatable bonds is 10. The average Bonchev–Trinajstić information content (AvgIpc) is 2.82. The number of nitrogens with one attached hydrogen (secondary N) is 1. The quantitative estimate of drug-likeness (QED) is 0.303. The third-order valence-corrected chi connectivity index (χ3v) is 6.73. The smallest absolute Gasteiger partial charge is 0.252 e. The van der Waals surface area contributed by atoms with Gasteiger partial charge in [-0.05, 0) is 72.4 Å². The van der Waals surface area contributed by atoms with Gasteiger partial charge in [0, 0.05) is 5.56 Å². The Morgan fingerprint density at radius 2 is 1.57 bits per heavy atom. The summed E-state index contributed by atoms with van der Waals surface area (Å²) in [6, 6.07) is 21.1. The molecule has 0 aromatic heterocycles. The van der Waals surface area contributed by atoms with Gasteiger partial charge in [-0.25, -0.2) is 0 Å². The van der Waals surface area contributed by atoms with Gasteiger partial charge in [0.05, 0.1) is 6.04 Å². The van der Waals surface area contributed by atoms with E-state index >= 15 is 0 Å². The summed E-state index contributed by atoms with van der Waals surface area (Å²) in [5, 5.41) is 3.36. The summed E-state index contributed by atoms with van der Waals surface area (Å²) in [4.78, 5) is 13.7. The number of hydrogen-bond donors (Lipinski definition) is 1. The summed E-state index contributed by atoms with van der Waals surface area (Å²) in [6.45, 7) is 17.9. The van der Waals surface area contributed by atoms with Crippen LogP contribution in [0.3, 0.4) is 0 Å². The third-order valence-electron chi connectivity index (χ3n) is 6.73. The fraction of sp³-hybridized carbons (Fsp3) is 0.441. The Balaban J connectivity index is 1.82. The highest BCUT2D eigenvalue weighted by molar-refractivity contribution is 5.96. The lowest BCUT2D eigenvalue weighted by Crippen LogP contribution is -2.30. The van der Waals surface area contributed by atoms with Gasteiger partial charge >= 0.3 is 0 Å². The number of ether oxygens (including phenoxy) is 1. The molecule has 1 unspecified atom stereocenters. The lowest BCUT2D eigenvalue weighted by Gasteiger charge is -2.23. The van der Waals surface area contributed by atoms with E-state index in [2.05, 4.69) is 103 Å². The molecule has 3 aromatic rings. The van der Waals surface area contributed by atoms with Gasteiger partial charge in [-0.3, -0.25) is 4.79 Å². The highest BCUT2D eigenvalue weighted by Gasteiger charge is 2.20. The van der Waals surface area contributed by atoms with Crippen LogP contribution >= 0.6 is 0 Å². The summed E-state index contributed by atoms with van der Waals surface area (Å²) >= 11 is 0.